The largest absolute Gasteiger partial charge is 0.497 e. The SMILES string of the molecule is C=NC(=CC(=C)OC)C(F)(F)F. The van der Waals surface area contributed by atoms with Gasteiger partial charge in [-0.05, 0) is 6.72 Å². The molecular formula is C7H8F3NO. The molecule has 0 rings (SSSR count). The van der Waals surface area contributed by atoms with Crippen LogP contribution in [-0.2, 0) is 4.74 Å². The minimum Gasteiger partial charge on any atom is -0.497 e. The number of hydrogen-bond acceptors (Lipinski definition) is 2. The van der Waals surface area contributed by atoms with Crippen molar-refractivity contribution in [3.63, 3.8) is 0 Å². The maximum absolute atomic E-state index is 11.9. The van der Waals surface area contributed by atoms with Crippen molar-refractivity contribution in [3.05, 3.63) is 24.1 Å². The lowest BCUT2D eigenvalue weighted by Crippen LogP contribution is -2.10. The quantitative estimate of drug-likeness (QED) is 0.370. The van der Waals surface area contributed by atoms with E-state index in [0.717, 1.165) is 0 Å². The molecular weight excluding hydrogens is 171 g/mol. The molecule has 2 nitrogen and oxygen atoms in total. The van der Waals surface area contributed by atoms with E-state index in [1.54, 1.807) is 0 Å². The Morgan fingerprint density at radius 1 is 1.50 bits per heavy atom. The molecule has 5 heteroatoms. The predicted octanol–water partition coefficient (Wildman–Crippen LogP) is 2.29. The number of methoxy groups -OCH3 is 1. The average molecular weight is 179 g/mol. The fourth-order valence-corrected chi connectivity index (χ4v) is 0.429. The van der Waals surface area contributed by atoms with Crippen molar-refractivity contribution >= 4 is 6.72 Å². The van der Waals surface area contributed by atoms with Crippen LogP contribution in [-0.4, -0.2) is 20.0 Å². The van der Waals surface area contributed by atoms with Gasteiger partial charge in [0.1, 0.15) is 11.5 Å². The Kier molecular flexibility index (Phi) is 3.53. The van der Waals surface area contributed by atoms with E-state index in [9.17, 15) is 13.2 Å². The summed E-state index contributed by atoms with van der Waals surface area (Å²) in [6.07, 6.45) is -3.84. The Morgan fingerprint density at radius 3 is 2.25 bits per heavy atom. The van der Waals surface area contributed by atoms with Crippen LogP contribution in [0.5, 0.6) is 0 Å². The van der Waals surface area contributed by atoms with Gasteiger partial charge in [0.2, 0.25) is 0 Å². The summed E-state index contributed by atoms with van der Waals surface area (Å²) in [5.74, 6) is -0.116. The minimum absolute atomic E-state index is 0.116. The van der Waals surface area contributed by atoms with Crippen LogP contribution in [0.4, 0.5) is 13.2 Å². The van der Waals surface area contributed by atoms with Crippen molar-refractivity contribution in [2.45, 2.75) is 6.18 Å². The third-order valence-electron chi connectivity index (χ3n) is 1.02. The van der Waals surface area contributed by atoms with Gasteiger partial charge in [0, 0.05) is 6.08 Å². The van der Waals surface area contributed by atoms with Crippen LogP contribution < -0.4 is 0 Å². The Bertz CT molecular complexity index is 217. The second kappa shape index (κ2) is 3.94. The van der Waals surface area contributed by atoms with E-state index in [0.29, 0.717) is 6.08 Å². The maximum atomic E-state index is 11.9. The zero-order valence-electron chi connectivity index (χ0n) is 6.48. The van der Waals surface area contributed by atoms with E-state index in [1.165, 1.54) is 7.11 Å². The summed E-state index contributed by atoms with van der Waals surface area (Å²) < 4.78 is 40.2. The van der Waals surface area contributed by atoms with Crippen molar-refractivity contribution < 1.29 is 17.9 Å². The summed E-state index contributed by atoms with van der Waals surface area (Å²) in [6.45, 7) is 5.97. The Labute approximate surface area is 68.1 Å². The monoisotopic (exact) mass is 179 g/mol. The normalized spacial score (nSPS) is 12.5. The second-order valence-electron chi connectivity index (χ2n) is 1.86. The summed E-state index contributed by atoms with van der Waals surface area (Å²) in [7, 11) is 1.22. The molecule has 68 valence electrons. The second-order valence-corrected chi connectivity index (χ2v) is 1.86. The highest BCUT2D eigenvalue weighted by molar-refractivity contribution is 5.32. The van der Waals surface area contributed by atoms with Crippen LogP contribution in [0, 0.1) is 0 Å². The van der Waals surface area contributed by atoms with Gasteiger partial charge >= 0.3 is 6.18 Å². The zero-order chi connectivity index (χ0) is 9.78. The van der Waals surface area contributed by atoms with Gasteiger partial charge in [-0.3, -0.25) is 4.99 Å². The molecule has 0 spiro atoms. The number of ether oxygens (including phenoxy) is 1. The molecule has 0 aliphatic heterocycles. The number of rotatable bonds is 3. The number of allylic oxidation sites excluding steroid dienone is 2. The first-order chi connectivity index (χ1) is 5.41. The summed E-state index contributed by atoms with van der Waals surface area (Å²) in [5, 5.41) is 0. The summed E-state index contributed by atoms with van der Waals surface area (Å²) in [5.41, 5.74) is -1.12. The summed E-state index contributed by atoms with van der Waals surface area (Å²) in [6, 6.07) is 0. The molecule has 0 bridgehead atoms. The molecule has 0 aliphatic carbocycles. The molecule has 0 saturated carbocycles. The van der Waals surface area contributed by atoms with Crippen LogP contribution in [0.2, 0.25) is 0 Å². The smallest absolute Gasteiger partial charge is 0.433 e. The highest BCUT2D eigenvalue weighted by Gasteiger charge is 2.33. The van der Waals surface area contributed by atoms with Crippen molar-refractivity contribution in [2.75, 3.05) is 7.11 Å². The first kappa shape index (κ1) is 10.7. The third kappa shape index (κ3) is 3.23. The van der Waals surface area contributed by atoms with Gasteiger partial charge < -0.3 is 4.74 Å². The molecule has 0 N–H and O–H groups in total. The van der Waals surface area contributed by atoms with Gasteiger partial charge in [-0.2, -0.15) is 13.2 Å². The highest BCUT2D eigenvalue weighted by atomic mass is 19.4. The highest BCUT2D eigenvalue weighted by Crippen LogP contribution is 2.26. The van der Waals surface area contributed by atoms with Gasteiger partial charge in [0.15, 0.2) is 0 Å². The van der Waals surface area contributed by atoms with Crippen molar-refractivity contribution in [2.24, 2.45) is 4.99 Å². The van der Waals surface area contributed by atoms with Crippen molar-refractivity contribution in [3.8, 4) is 0 Å². The minimum atomic E-state index is -4.51. The van der Waals surface area contributed by atoms with Gasteiger partial charge in [0.05, 0.1) is 7.11 Å². The molecule has 0 unspecified atom stereocenters. The molecule has 0 saturated heterocycles. The predicted molar refractivity (Wildman–Crippen MR) is 39.8 cm³/mol. The zero-order valence-corrected chi connectivity index (χ0v) is 6.48. The van der Waals surface area contributed by atoms with E-state index >= 15 is 0 Å². The Balaban J connectivity index is 4.67. The molecule has 0 aromatic rings. The van der Waals surface area contributed by atoms with E-state index in [2.05, 4.69) is 23.0 Å². The van der Waals surface area contributed by atoms with Gasteiger partial charge in [0.25, 0.3) is 0 Å². The van der Waals surface area contributed by atoms with Crippen LogP contribution >= 0.6 is 0 Å². The first-order valence-electron chi connectivity index (χ1n) is 2.90. The Morgan fingerprint density at radius 2 is 2.00 bits per heavy atom. The van der Waals surface area contributed by atoms with Crippen LogP contribution in [0.3, 0.4) is 0 Å². The molecule has 0 heterocycles. The fraction of sp³-hybridized carbons (Fsp3) is 0.286. The first-order valence-corrected chi connectivity index (χ1v) is 2.90. The van der Waals surface area contributed by atoms with Gasteiger partial charge in [-0.1, -0.05) is 6.58 Å². The van der Waals surface area contributed by atoms with Crippen LogP contribution in [0.15, 0.2) is 29.1 Å². The van der Waals surface area contributed by atoms with Gasteiger partial charge in [-0.15, -0.1) is 0 Å². The lowest BCUT2D eigenvalue weighted by molar-refractivity contribution is -0.0924. The average Bonchev–Trinajstić information content (AvgIpc) is 1.97. The number of alkyl halides is 3. The lowest BCUT2D eigenvalue weighted by atomic mass is 10.3. The molecule has 0 radical (unpaired) electrons. The van der Waals surface area contributed by atoms with E-state index in [4.69, 9.17) is 0 Å². The molecule has 0 amide bonds. The molecule has 0 aromatic heterocycles. The molecule has 0 atom stereocenters. The summed E-state index contributed by atoms with van der Waals surface area (Å²) in [4.78, 5) is 2.79. The summed E-state index contributed by atoms with van der Waals surface area (Å²) >= 11 is 0. The topological polar surface area (TPSA) is 21.6 Å². The number of halogens is 3. The van der Waals surface area contributed by atoms with Crippen LogP contribution in [0.25, 0.3) is 0 Å². The lowest BCUT2D eigenvalue weighted by Gasteiger charge is -2.06. The van der Waals surface area contributed by atoms with Crippen molar-refractivity contribution in [1.82, 2.24) is 0 Å². The fourth-order valence-electron chi connectivity index (χ4n) is 0.429. The van der Waals surface area contributed by atoms with E-state index < -0.39 is 11.9 Å². The number of aliphatic imine (C=N–C) groups is 1. The van der Waals surface area contributed by atoms with Gasteiger partial charge in [-0.25, -0.2) is 0 Å². The number of hydrogen-bond donors (Lipinski definition) is 0. The molecule has 12 heavy (non-hydrogen) atoms. The molecule has 0 aliphatic rings. The third-order valence-corrected chi connectivity index (χ3v) is 1.02. The van der Waals surface area contributed by atoms with E-state index in [1.807, 2.05) is 0 Å². The van der Waals surface area contributed by atoms with E-state index in [-0.39, 0.29) is 5.76 Å². The molecule has 0 aromatic carbocycles. The standard InChI is InChI=1S/C7H8F3NO/c1-5(12-3)4-6(11-2)7(8,9)10/h4H,1-2H2,3H3. The van der Waals surface area contributed by atoms with Crippen molar-refractivity contribution in [1.29, 1.82) is 0 Å². The maximum Gasteiger partial charge on any atom is 0.433 e. The van der Waals surface area contributed by atoms with Crippen LogP contribution in [0.1, 0.15) is 0 Å². The Hall–Kier alpha value is -1.26. The molecule has 0 fully saturated rings. The number of nitrogens with zero attached hydrogens (tertiary/aromatic N) is 1.